The van der Waals surface area contributed by atoms with Crippen LogP contribution in [0.4, 0.5) is 14.5 Å². The van der Waals surface area contributed by atoms with Gasteiger partial charge in [-0.05, 0) is 30.3 Å². The average molecular weight is 295 g/mol. The molecule has 2 rings (SSSR count). The summed E-state index contributed by atoms with van der Waals surface area (Å²) in [7, 11) is 0. The largest absolute Gasteiger partial charge is 0.508 e. The molecule has 0 saturated carbocycles. The Bertz CT molecular complexity index is 614. The fourth-order valence-electron chi connectivity index (χ4n) is 1.51. The number of benzene rings is 2. The van der Waals surface area contributed by atoms with Gasteiger partial charge in [0.1, 0.15) is 23.1 Å². The van der Waals surface area contributed by atoms with Crippen LogP contribution in [0.3, 0.4) is 0 Å². The molecular formula is C14H11F2NO2S. The minimum Gasteiger partial charge on any atom is -0.508 e. The number of nitrogens with one attached hydrogen (secondary N) is 1. The number of phenols is 1. The maximum absolute atomic E-state index is 13.3. The van der Waals surface area contributed by atoms with Gasteiger partial charge >= 0.3 is 0 Å². The van der Waals surface area contributed by atoms with Gasteiger partial charge in [-0.2, -0.15) is 0 Å². The zero-order valence-corrected chi connectivity index (χ0v) is 11.1. The molecule has 0 spiro atoms. The van der Waals surface area contributed by atoms with E-state index < -0.39 is 23.2 Å². The lowest BCUT2D eigenvalue weighted by atomic mass is 10.3. The molecule has 0 fully saturated rings. The van der Waals surface area contributed by atoms with E-state index in [-0.39, 0.29) is 11.5 Å². The normalized spacial score (nSPS) is 10.3. The standard InChI is InChI=1S/C14H11F2NO2S/c15-11-5-2-6-12(16)14(11)17-13(19)8-20-10-4-1-3-9(18)7-10/h1-7,18H,8H2,(H,17,19). The lowest BCUT2D eigenvalue weighted by molar-refractivity contribution is -0.113. The van der Waals surface area contributed by atoms with Crippen molar-refractivity contribution in [3.8, 4) is 5.75 Å². The molecule has 0 saturated heterocycles. The van der Waals surface area contributed by atoms with Crippen molar-refractivity contribution in [2.45, 2.75) is 4.90 Å². The molecule has 0 aliphatic rings. The fraction of sp³-hybridized carbons (Fsp3) is 0.0714. The molecule has 2 aromatic carbocycles. The molecule has 2 N–H and O–H groups in total. The highest BCUT2D eigenvalue weighted by atomic mass is 32.2. The number of carbonyl (C=O) groups excluding carboxylic acids is 1. The molecule has 3 nitrogen and oxygen atoms in total. The highest BCUT2D eigenvalue weighted by Gasteiger charge is 2.12. The first-order chi connectivity index (χ1) is 9.56. The van der Waals surface area contributed by atoms with Crippen molar-refractivity contribution in [3.63, 3.8) is 0 Å². The molecule has 0 aliphatic carbocycles. The smallest absolute Gasteiger partial charge is 0.234 e. The van der Waals surface area contributed by atoms with Crippen molar-refractivity contribution in [1.29, 1.82) is 0 Å². The quantitative estimate of drug-likeness (QED) is 0.850. The first-order valence-corrected chi connectivity index (χ1v) is 6.70. The minimum absolute atomic E-state index is 0.0166. The SMILES string of the molecule is O=C(CSc1cccc(O)c1)Nc1c(F)cccc1F. The summed E-state index contributed by atoms with van der Waals surface area (Å²) in [6.45, 7) is 0. The lowest BCUT2D eigenvalue weighted by Gasteiger charge is -2.07. The topological polar surface area (TPSA) is 49.3 Å². The number of hydrogen-bond acceptors (Lipinski definition) is 3. The zero-order chi connectivity index (χ0) is 14.5. The minimum atomic E-state index is -0.819. The summed E-state index contributed by atoms with van der Waals surface area (Å²) in [6.07, 6.45) is 0. The predicted molar refractivity (Wildman–Crippen MR) is 73.8 cm³/mol. The Morgan fingerprint density at radius 2 is 1.80 bits per heavy atom. The molecule has 0 atom stereocenters. The second-order valence-corrected chi connectivity index (χ2v) is 4.98. The molecule has 0 unspecified atom stereocenters. The summed E-state index contributed by atoms with van der Waals surface area (Å²) in [5, 5.41) is 11.5. The zero-order valence-electron chi connectivity index (χ0n) is 10.3. The fourth-order valence-corrected chi connectivity index (χ4v) is 2.26. The third kappa shape index (κ3) is 3.71. The van der Waals surface area contributed by atoms with Gasteiger partial charge in [0, 0.05) is 4.90 Å². The second kappa shape index (κ2) is 6.38. The Balaban J connectivity index is 1.96. The Morgan fingerprint density at radius 1 is 1.15 bits per heavy atom. The number of anilines is 1. The molecule has 2 aromatic rings. The molecule has 20 heavy (non-hydrogen) atoms. The van der Waals surface area contributed by atoms with E-state index in [9.17, 15) is 18.7 Å². The molecule has 1 amide bonds. The number of phenolic OH excluding ortho intramolecular Hbond substituents is 1. The third-order valence-electron chi connectivity index (χ3n) is 2.41. The van der Waals surface area contributed by atoms with Crippen molar-refractivity contribution in [2.75, 3.05) is 11.1 Å². The number of carbonyl (C=O) groups is 1. The van der Waals surface area contributed by atoms with Crippen LogP contribution in [-0.2, 0) is 4.79 Å². The van der Waals surface area contributed by atoms with Crippen molar-refractivity contribution in [2.24, 2.45) is 0 Å². The number of amides is 1. The second-order valence-electron chi connectivity index (χ2n) is 3.93. The number of thioether (sulfide) groups is 1. The van der Waals surface area contributed by atoms with Crippen LogP contribution in [0.5, 0.6) is 5.75 Å². The van der Waals surface area contributed by atoms with Crippen LogP contribution in [0.1, 0.15) is 0 Å². The van der Waals surface area contributed by atoms with E-state index in [0.29, 0.717) is 4.90 Å². The van der Waals surface area contributed by atoms with Crippen LogP contribution in [0.2, 0.25) is 0 Å². The number of rotatable bonds is 4. The molecule has 6 heteroatoms. The van der Waals surface area contributed by atoms with E-state index in [1.54, 1.807) is 12.1 Å². The van der Waals surface area contributed by atoms with Gasteiger partial charge in [0.25, 0.3) is 0 Å². The first-order valence-electron chi connectivity index (χ1n) is 5.72. The summed E-state index contributed by atoms with van der Waals surface area (Å²) >= 11 is 1.16. The van der Waals surface area contributed by atoms with Crippen LogP contribution in [-0.4, -0.2) is 16.8 Å². The molecule has 0 radical (unpaired) electrons. The van der Waals surface area contributed by atoms with Crippen molar-refractivity contribution in [3.05, 3.63) is 54.1 Å². The Kier molecular flexibility index (Phi) is 4.57. The Morgan fingerprint density at radius 3 is 2.45 bits per heavy atom. The monoisotopic (exact) mass is 295 g/mol. The predicted octanol–water partition coefficient (Wildman–Crippen LogP) is 3.40. The van der Waals surface area contributed by atoms with Gasteiger partial charge in [-0.3, -0.25) is 4.79 Å². The van der Waals surface area contributed by atoms with Crippen LogP contribution in [0, 0.1) is 11.6 Å². The van der Waals surface area contributed by atoms with Gasteiger partial charge in [0.2, 0.25) is 5.91 Å². The summed E-state index contributed by atoms with van der Waals surface area (Å²) in [4.78, 5) is 12.3. The average Bonchev–Trinajstić information content (AvgIpc) is 2.41. The van der Waals surface area contributed by atoms with Gasteiger partial charge in [-0.15, -0.1) is 11.8 Å². The van der Waals surface area contributed by atoms with Gasteiger partial charge in [-0.1, -0.05) is 12.1 Å². The van der Waals surface area contributed by atoms with Crippen LogP contribution in [0.25, 0.3) is 0 Å². The maximum Gasteiger partial charge on any atom is 0.234 e. The summed E-state index contributed by atoms with van der Waals surface area (Å²) in [5.41, 5.74) is -0.450. The number of halogens is 2. The van der Waals surface area contributed by atoms with Gasteiger partial charge in [-0.25, -0.2) is 8.78 Å². The molecule has 0 bridgehead atoms. The van der Waals surface area contributed by atoms with Gasteiger partial charge in [0.15, 0.2) is 0 Å². The van der Waals surface area contributed by atoms with Crippen molar-refractivity contribution >= 4 is 23.4 Å². The van der Waals surface area contributed by atoms with E-state index in [2.05, 4.69) is 5.32 Å². The van der Waals surface area contributed by atoms with E-state index in [4.69, 9.17) is 0 Å². The molecule has 104 valence electrons. The molecule has 0 aliphatic heterocycles. The Hall–Kier alpha value is -2.08. The summed E-state index contributed by atoms with van der Waals surface area (Å²) in [5.74, 6) is -2.09. The highest BCUT2D eigenvalue weighted by Crippen LogP contribution is 2.23. The number of para-hydroxylation sites is 1. The van der Waals surface area contributed by atoms with Crippen LogP contribution >= 0.6 is 11.8 Å². The maximum atomic E-state index is 13.3. The summed E-state index contributed by atoms with van der Waals surface area (Å²) in [6, 6.07) is 9.75. The third-order valence-corrected chi connectivity index (χ3v) is 3.41. The highest BCUT2D eigenvalue weighted by molar-refractivity contribution is 8.00. The van der Waals surface area contributed by atoms with E-state index in [1.807, 2.05) is 0 Å². The number of aromatic hydroxyl groups is 1. The molecule has 0 aromatic heterocycles. The van der Waals surface area contributed by atoms with E-state index in [0.717, 1.165) is 23.9 Å². The number of hydrogen-bond donors (Lipinski definition) is 2. The van der Waals surface area contributed by atoms with E-state index >= 15 is 0 Å². The van der Waals surface area contributed by atoms with Gasteiger partial charge in [0.05, 0.1) is 5.75 Å². The van der Waals surface area contributed by atoms with Crippen molar-refractivity contribution in [1.82, 2.24) is 0 Å². The van der Waals surface area contributed by atoms with Crippen LogP contribution in [0.15, 0.2) is 47.4 Å². The lowest BCUT2D eigenvalue weighted by Crippen LogP contribution is -2.16. The Labute approximate surface area is 118 Å². The molecule has 0 heterocycles. The van der Waals surface area contributed by atoms with E-state index in [1.165, 1.54) is 18.2 Å². The first kappa shape index (κ1) is 14.3. The molecular weight excluding hydrogens is 284 g/mol. The van der Waals surface area contributed by atoms with Crippen molar-refractivity contribution < 1.29 is 18.7 Å². The van der Waals surface area contributed by atoms with Crippen LogP contribution < -0.4 is 5.32 Å². The van der Waals surface area contributed by atoms with Gasteiger partial charge < -0.3 is 10.4 Å². The summed E-state index contributed by atoms with van der Waals surface area (Å²) < 4.78 is 26.7.